The average molecular weight is 176 g/mol. The van der Waals surface area contributed by atoms with E-state index in [1.54, 1.807) is 0 Å². The van der Waals surface area contributed by atoms with Crippen molar-refractivity contribution in [3.63, 3.8) is 0 Å². The molecule has 0 aromatic carbocycles. The predicted molar refractivity (Wildman–Crippen MR) is 39.9 cm³/mol. The zero-order valence-corrected chi connectivity index (χ0v) is 7.03. The van der Waals surface area contributed by atoms with Gasteiger partial charge in [0.05, 0.1) is 18.4 Å². The van der Waals surface area contributed by atoms with Gasteiger partial charge in [-0.05, 0) is 6.92 Å². The van der Waals surface area contributed by atoms with Gasteiger partial charge in [-0.3, -0.25) is 9.59 Å². The molecule has 0 aliphatic carbocycles. The smallest absolute Gasteiger partial charge is 0.306 e. The van der Waals surface area contributed by atoms with Gasteiger partial charge in [0.15, 0.2) is 0 Å². The molecule has 2 N–H and O–H groups in total. The van der Waals surface area contributed by atoms with Crippen LogP contribution in [0.15, 0.2) is 0 Å². The van der Waals surface area contributed by atoms with Crippen molar-refractivity contribution < 1.29 is 24.5 Å². The number of hydrogen-bond acceptors (Lipinski definition) is 3. The lowest BCUT2D eigenvalue weighted by Crippen LogP contribution is -2.33. The summed E-state index contributed by atoms with van der Waals surface area (Å²) in [4.78, 5) is 20.6. The summed E-state index contributed by atoms with van der Waals surface area (Å²) >= 11 is 0. The maximum atomic E-state index is 10.3. The molecule has 0 unspecified atom stereocenters. The summed E-state index contributed by atoms with van der Waals surface area (Å²) in [5.41, 5.74) is -1.11. The van der Waals surface area contributed by atoms with Crippen LogP contribution in [0.25, 0.3) is 0 Å². The van der Waals surface area contributed by atoms with E-state index in [1.807, 2.05) is 0 Å². The minimum absolute atomic E-state index is 0.310. The Morgan fingerprint density at radius 2 is 1.58 bits per heavy atom. The van der Waals surface area contributed by atoms with Gasteiger partial charge >= 0.3 is 11.9 Å². The van der Waals surface area contributed by atoms with E-state index in [0.29, 0.717) is 0 Å². The number of carboxylic acid groups (broad SMARTS) is 2. The van der Waals surface area contributed by atoms with Gasteiger partial charge in [-0.25, -0.2) is 0 Å². The first kappa shape index (κ1) is 10.9. The summed E-state index contributed by atoms with van der Waals surface area (Å²) in [5, 5.41) is 16.8. The van der Waals surface area contributed by atoms with Gasteiger partial charge in [-0.1, -0.05) is 0 Å². The number of hydrogen-bond donors (Lipinski definition) is 2. The molecular weight excluding hydrogens is 164 g/mol. The molecule has 0 radical (unpaired) electrons. The van der Waals surface area contributed by atoms with Crippen LogP contribution in [0.5, 0.6) is 0 Å². The van der Waals surface area contributed by atoms with Crippen LogP contribution in [0.4, 0.5) is 0 Å². The normalized spacial score (nSPS) is 11.2. The highest BCUT2D eigenvalue weighted by molar-refractivity contribution is 5.72. The van der Waals surface area contributed by atoms with Crippen molar-refractivity contribution in [3.05, 3.63) is 0 Å². The Hall–Kier alpha value is -1.10. The summed E-state index contributed by atoms with van der Waals surface area (Å²) in [6, 6.07) is 0. The van der Waals surface area contributed by atoms with Gasteiger partial charge < -0.3 is 14.9 Å². The zero-order chi connectivity index (χ0) is 9.78. The Balaban J connectivity index is 4.23. The van der Waals surface area contributed by atoms with Gasteiger partial charge in [0, 0.05) is 7.11 Å². The minimum Gasteiger partial charge on any atom is -0.481 e. The van der Waals surface area contributed by atoms with E-state index < -0.39 is 17.5 Å². The fraction of sp³-hybridized carbons (Fsp3) is 0.714. The molecule has 0 aliphatic heterocycles. The Morgan fingerprint density at radius 3 is 1.75 bits per heavy atom. The highest BCUT2D eigenvalue weighted by atomic mass is 16.5. The molecule has 0 saturated heterocycles. The van der Waals surface area contributed by atoms with Crippen molar-refractivity contribution >= 4 is 11.9 Å². The van der Waals surface area contributed by atoms with Crippen LogP contribution in [0.3, 0.4) is 0 Å². The number of ether oxygens (including phenoxy) is 1. The van der Waals surface area contributed by atoms with Crippen LogP contribution >= 0.6 is 0 Å². The number of rotatable bonds is 5. The minimum atomic E-state index is -1.11. The molecule has 0 bridgehead atoms. The first-order valence-electron chi connectivity index (χ1n) is 3.38. The molecule has 0 fully saturated rings. The van der Waals surface area contributed by atoms with E-state index in [1.165, 1.54) is 14.0 Å². The molecule has 5 heteroatoms. The molecule has 12 heavy (non-hydrogen) atoms. The van der Waals surface area contributed by atoms with Crippen LogP contribution < -0.4 is 0 Å². The van der Waals surface area contributed by atoms with Gasteiger partial charge in [0.2, 0.25) is 0 Å². The second-order valence-electron chi connectivity index (χ2n) is 2.80. The summed E-state index contributed by atoms with van der Waals surface area (Å²) in [7, 11) is 1.30. The summed E-state index contributed by atoms with van der Waals surface area (Å²) in [6.07, 6.45) is -0.619. The third kappa shape index (κ3) is 3.92. The number of methoxy groups -OCH3 is 1. The lowest BCUT2D eigenvalue weighted by molar-refractivity contribution is -0.149. The topological polar surface area (TPSA) is 83.8 Å². The number of carbonyl (C=O) groups is 2. The molecule has 0 atom stereocenters. The second kappa shape index (κ2) is 4.06. The maximum Gasteiger partial charge on any atom is 0.306 e. The molecule has 0 heterocycles. The molecule has 5 nitrogen and oxygen atoms in total. The quantitative estimate of drug-likeness (QED) is 0.631. The van der Waals surface area contributed by atoms with E-state index in [0.717, 1.165) is 0 Å². The van der Waals surface area contributed by atoms with Crippen LogP contribution in [0.2, 0.25) is 0 Å². The van der Waals surface area contributed by atoms with E-state index in [4.69, 9.17) is 14.9 Å². The van der Waals surface area contributed by atoms with Crippen LogP contribution in [0.1, 0.15) is 19.8 Å². The lowest BCUT2D eigenvalue weighted by Gasteiger charge is -2.23. The van der Waals surface area contributed by atoms with E-state index >= 15 is 0 Å². The average Bonchev–Trinajstić information content (AvgIpc) is 1.83. The lowest BCUT2D eigenvalue weighted by atomic mass is 9.98. The van der Waals surface area contributed by atoms with Gasteiger partial charge in [0.1, 0.15) is 0 Å². The van der Waals surface area contributed by atoms with Crippen LogP contribution in [0, 0.1) is 0 Å². The molecular formula is C7H12O5. The Kier molecular flexibility index (Phi) is 3.69. The van der Waals surface area contributed by atoms with Crippen LogP contribution in [-0.2, 0) is 14.3 Å². The summed E-state index contributed by atoms with van der Waals surface area (Å²) in [6.45, 7) is 1.45. The van der Waals surface area contributed by atoms with Crippen molar-refractivity contribution in [1.82, 2.24) is 0 Å². The third-order valence-corrected chi connectivity index (χ3v) is 1.54. The molecule has 0 aliphatic rings. The third-order valence-electron chi connectivity index (χ3n) is 1.54. The fourth-order valence-electron chi connectivity index (χ4n) is 0.847. The van der Waals surface area contributed by atoms with Crippen molar-refractivity contribution in [2.45, 2.75) is 25.4 Å². The summed E-state index contributed by atoms with van der Waals surface area (Å²) in [5.74, 6) is -2.14. The number of carboxylic acids is 2. The molecule has 0 aromatic heterocycles. The van der Waals surface area contributed by atoms with Gasteiger partial charge in [0.25, 0.3) is 0 Å². The Morgan fingerprint density at radius 1 is 1.25 bits per heavy atom. The molecule has 0 amide bonds. The maximum absolute atomic E-state index is 10.3. The van der Waals surface area contributed by atoms with E-state index in [9.17, 15) is 9.59 Å². The number of aliphatic carboxylic acids is 2. The highest BCUT2D eigenvalue weighted by Gasteiger charge is 2.29. The monoisotopic (exact) mass is 176 g/mol. The SMILES string of the molecule is COC(C)(CC(=O)O)CC(=O)O. The van der Waals surface area contributed by atoms with Crippen molar-refractivity contribution in [1.29, 1.82) is 0 Å². The van der Waals surface area contributed by atoms with Gasteiger partial charge in [-0.2, -0.15) is 0 Å². The standard InChI is InChI=1S/C7H12O5/c1-7(12-2,3-5(8)9)4-6(10)11/h3-4H2,1-2H3,(H,8,9)(H,10,11). The van der Waals surface area contributed by atoms with Crippen molar-refractivity contribution in [3.8, 4) is 0 Å². The van der Waals surface area contributed by atoms with E-state index in [-0.39, 0.29) is 12.8 Å². The van der Waals surface area contributed by atoms with E-state index in [2.05, 4.69) is 0 Å². The second-order valence-corrected chi connectivity index (χ2v) is 2.80. The molecule has 0 rings (SSSR count). The molecule has 0 saturated carbocycles. The largest absolute Gasteiger partial charge is 0.481 e. The first-order valence-corrected chi connectivity index (χ1v) is 3.38. The Labute approximate surface area is 70.0 Å². The van der Waals surface area contributed by atoms with Gasteiger partial charge in [-0.15, -0.1) is 0 Å². The Bertz CT molecular complexity index is 170. The first-order chi connectivity index (χ1) is 5.39. The zero-order valence-electron chi connectivity index (χ0n) is 7.03. The molecule has 0 spiro atoms. The van der Waals surface area contributed by atoms with Crippen molar-refractivity contribution in [2.24, 2.45) is 0 Å². The highest BCUT2D eigenvalue weighted by Crippen LogP contribution is 2.18. The predicted octanol–water partition coefficient (Wildman–Crippen LogP) is 0.341. The van der Waals surface area contributed by atoms with Crippen LogP contribution in [-0.4, -0.2) is 34.9 Å². The van der Waals surface area contributed by atoms with Crippen molar-refractivity contribution in [2.75, 3.05) is 7.11 Å². The molecule has 70 valence electrons. The fourth-order valence-corrected chi connectivity index (χ4v) is 0.847. The molecule has 0 aromatic rings. The summed E-state index contributed by atoms with van der Waals surface area (Å²) < 4.78 is 4.80.